The van der Waals surface area contributed by atoms with Crippen LogP contribution in [0.5, 0.6) is 0 Å². The van der Waals surface area contributed by atoms with Gasteiger partial charge in [-0.1, -0.05) is 18.2 Å². The third-order valence-corrected chi connectivity index (χ3v) is 7.01. The van der Waals surface area contributed by atoms with Gasteiger partial charge in [0.05, 0.1) is 6.10 Å². The number of carbonyl (C=O) groups is 1. The second-order valence-electron chi connectivity index (χ2n) is 9.23. The number of nitrogens with zero attached hydrogens (tertiary/aromatic N) is 1. The highest BCUT2D eigenvalue weighted by Gasteiger charge is 2.27. The molecule has 6 nitrogen and oxygen atoms in total. The van der Waals surface area contributed by atoms with Gasteiger partial charge in [0, 0.05) is 41.6 Å². The number of benzene rings is 1. The van der Waals surface area contributed by atoms with E-state index in [-0.39, 0.29) is 24.1 Å². The lowest BCUT2D eigenvalue weighted by Gasteiger charge is -2.38. The molecule has 0 radical (unpaired) electrons. The number of fused-ring (bicyclic) bond motifs is 2. The predicted octanol–water partition coefficient (Wildman–Crippen LogP) is 3.79. The van der Waals surface area contributed by atoms with Gasteiger partial charge in [-0.2, -0.15) is 0 Å². The van der Waals surface area contributed by atoms with Crippen molar-refractivity contribution in [2.75, 3.05) is 11.4 Å². The standard InChI is InChI=1S/C27H35N3O3/c1-3-30(20-12-14-21(31)15-13-20)25-11-7-10-23-22(25)9-6-4-5-8-19-16-18(2)29-27(33)24(19)17-28-26(23)32/h4,6-7,10-11,16,20-21,31H,3,5,8-9,12-15,17H2,1-2H3,(H,28,32)(H,29,33)/b6-4+/t20-,21-. The highest BCUT2D eigenvalue weighted by atomic mass is 16.3. The monoisotopic (exact) mass is 449 g/mol. The maximum absolute atomic E-state index is 13.3. The SMILES string of the molecule is CCN(c1cccc2c1C/C=C/CCc1cc(C)[nH]c(=O)c1CNC2=O)[C@H]1CC[C@H](O)CC1. The Hall–Kier alpha value is -2.86. The van der Waals surface area contributed by atoms with Gasteiger partial charge in [0.25, 0.3) is 11.5 Å². The van der Waals surface area contributed by atoms with Crippen LogP contribution in [0.4, 0.5) is 5.69 Å². The number of H-pyrrole nitrogens is 1. The molecule has 6 heteroatoms. The summed E-state index contributed by atoms with van der Waals surface area (Å²) in [4.78, 5) is 31.1. The highest BCUT2D eigenvalue weighted by molar-refractivity contribution is 5.97. The van der Waals surface area contributed by atoms with Crippen LogP contribution in [0.2, 0.25) is 0 Å². The molecule has 0 spiro atoms. The van der Waals surface area contributed by atoms with Gasteiger partial charge in [0.1, 0.15) is 0 Å². The number of anilines is 1. The molecule has 0 unspecified atom stereocenters. The Kier molecular flexibility index (Phi) is 7.33. The first-order valence-corrected chi connectivity index (χ1v) is 12.2. The lowest BCUT2D eigenvalue weighted by molar-refractivity contribution is 0.0950. The van der Waals surface area contributed by atoms with Crippen LogP contribution in [0.15, 0.2) is 41.2 Å². The molecule has 2 heterocycles. The number of hydrogen-bond acceptors (Lipinski definition) is 4. The number of nitrogens with one attached hydrogen (secondary N) is 2. The summed E-state index contributed by atoms with van der Waals surface area (Å²) < 4.78 is 0. The Bertz CT molecular complexity index is 1080. The first-order chi connectivity index (χ1) is 16.0. The Labute approximate surface area is 195 Å². The van der Waals surface area contributed by atoms with E-state index < -0.39 is 0 Å². The van der Waals surface area contributed by atoms with Crippen molar-refractivity contribution in [3.63, 3.8) is 0 Å². The molecule has 1 aromatic heterocycles. The minimum Gasteiger partial charge on any atom is -0.393 e. The van der Waals surface area contributed by atoms with Gasteiger partial charge in [0.2, 0.25) is 0 Å². The van der Waals surface area contributed by atoms with Crippen LogP contribution in [0.1, 0.15) is 71.8 Å². The normalized spacial score (nSPS) is 22.2. The molecule has 1 aromatic carbocycles. The van der Waals surface area contributed by atoms with Crippen molar-refractivity contribution in [1.82, 2.24) is 10.3 Å². The highest BCUT2D eigenvalue weighted by Crippen LogP contribution is 2.32. The molecule has 1 fully saturated rings. The van der Waals surface area contributed by atoms with Crippen LogP contribution in [0.25, 0.3) is 0 Å². The molecule has 1 aliphatic heterocycles. The zero-order chi connectivity index (χ0) is 23.4. The summed E-state index contributed by atoms with van der Waals surface area (Å²) in [7, 11) is 0. The first kappa shape index (κ1) is 23.3. The summed E-state index contributed by atoms with van der Waals surface area (Å²) in [5.74, 6) is -0.151. The molecular formula is C27H35N3O3. The van der Waals surface area contributed by atoms with E-state index in [0.29, 0.717) is 23.6 Å². The summed E-state index contributed by atoms with van der Waals surface area (Å²) in [5, 5.41) is 13.0. The maximum atomic E-state index is 13.3. The van der Waals surface area contributed by atoms with E-state index in [4.69, 9.17) is 0 Å². The van der Waals surface area contributed by atoms with Crippen molar-refractivity contribution in [2.45, 2.75) is 77.5 Å². The summed E-state index contributed by atoms with van der Waals surface area (Å²) in [6, 6.07) is 8.32. The fourth-order valence-electron chi connectivity index (χ4n) is 5.29. The van der Waals surface area contributed by atoms with Crippen LogP contribution in [-0.4, -0.2) is 34.7 Å². The van der Waals surface area contributed by atoms with Crippen molar-refractivity contribution in [3.8, 4) is 0 Å². The number of rotatable bonds is 3. The summed E-state index contributed by atoms with van der Waals surface area (Å²) in [6.07, 6.45) is 9.98. The molecule has 33 heavy (non-hydrogen) atoms. The van der Waals surface area contributed by atoms with Crippen LogP contribution < -0.4 is 15.8 Å². The zero-order valence-corrected chi connectivity index (χ0v) is 19.7. The van der Waals surface area contributed by atoms with E-state index in [2.05, 4.69) is 40.3 Å². The van der Waals surface area contributed by atoms with Gasteiger partial charge in [-0.05, 0) is 88.1 Å². The molecule has 1 amide bonds. The molecule has 0 saturated heterocycles. The number of aliphatic hydroxyl groups excluding tert-OH is 1. The molecule has 3 N–H and O–H groups in total. The van der Waals surface area contributed by atoms with Crippen molar-refractivity contribution in [1.29, 1.82) is 0 Å². The molecule has 0 bridgehead atoms. The Morgan fingerprint density at radius 1 is 1.09 bits per heavy atom. The summed E-state index contributed by atoms with van der Waals surface area (Å²) in [6.45, 7) is 5.11. The molecule has 176 valence electrons. The topological polar surface area (TPSA) is 85.4 Å². The first-order valence-electron chi connectivity index (χ1n) is 12.2. The quantitative estimate of drug-likeness (QED) is 0.623. The number of aromatic nitrogens is 1. The van der Waals surface area contributed by atoms with E-state index in [9.17, 15) is 14.7 Å². The number of carbonyl (C=O) groups excluding carboxylic acids is 1. The van der Waals surface area contributed by atoms with Crippen LogP contribution in [0.3, 0.4) is 0 Å². The summed E-state index contributed by atoms with van der Waals surface area (Å²) in [5.41, 5.74) is 5.13. The molecule has 1 aliphatic carbocycles. The van der Waals surface area contributed by atoms with Gasteiger partial charge in [-0.15, -0.1) is 0 Å². The van der Waals surface area contributed by atoms with Gasteiger partial charge in [0.15, 0.2) is 0 Å². The van der Waals surface area contributed by atoms with Crippen molar-refractivity contribution < 1.29 is 9.90 Å². The third kappa shape index (κ3) is 5.22. The number of pyridine rings is 1. The number of allylic oxidation sites excluding steroid dienone is 2. The molecule has 4 rings (SSSR count). The van der Waals surface area contributed by atoms with Gasteiger partial charge in [-0.3, -0.25) is 9.59 Å². The number of aryl methyl sites for hydroxylation is 2. The zero-order valence-electron chi connectivity index (χ0n) is 19.7. The van der Waals surface area contributed by atoms with E-state index in [1.165, 1.54) is 0 Å². The lowest BCUT2D eigenvalue weighted by atomic mass is 9.90. The van der Waals surface area contributed by atoms with Crippen LogP contribution >= 0.6 is 0 Å². The molecular weight excluding hydrogens is 414 g/mol. The van der Waals surface area contributed by atoms with Gasteiger partial charge < -0.3 is 20.3 Å². The van der Waals surface area contributed by atoms with Crippen LogP contribution in [0, 0.1) is 6.92 Å². The number of aromatic amines is 1. The fourth-order valence-corrected chi connectivity index (χ4v) is 5.29. The Morgan fingerprint density at radius 3 is 2.64 bits per heavy atom. The predicted molar refractivity (Wildman–Crippen MR) is 132 cm³/mol. The van der Waals surface area contributed by atoms with Crippen molar-refractivity contribution in [2.24, 2.45) is 0 Å². The largest absolute Gasteiger partial charge is 0.393 e. The average molecular weight is 450 g/mol. The summed E-state index contributed by atoms with van der Waals surface area (Å²) >= 11 is 0. The minimum absolute atomic E-state index is 0.128. The molecule has 2 aliphatic rings. The molecule has 0 atom stereocenters. The molecule has 1 saturated carbocycles. The minimum atomic E-state index is -0.195. The Balaban J connectivity index is 1.68. The average Bonchev–Trinajstić information content (AvgIpc) is 2.79. The number of aliphatic hydroxyl groups is 1. The van der Waals surface area contributed by atoms with Crippen molar-refractivity contribution >= 4 is 11.6 Å². The number of amides is 1. The smallest absolute Gasteiger partial charge is 0.253 e. The lowest BCUT2D eigenvalue weighted by Crippen LogP contribution is -2.40. The fraction of sp³-hybridized carbons (Fsp3) is 0.481. The van der Waals surface area contributed by atoms with Crippen LogP contribution in [-0.2, 0) is 19.4 Å². The van der Waals surface area contributed by atoms with E-state index in [1.54, 1.807) is 0 Å². The maximum Gasteiger partial charge on any atom is 0.253 e. The molecule has 2 aromatic rings. The van der Waals surface area contributed by atoms with Gasteiger partial charge >= 0.3 is 0 Å². The second-order valence-corrected chi connectivity index (χ2v) is 9.23. The van der Waals surface area contributed by atoms with E-state index in [0.717, 1.165) is 67.6 Å². The van der Waals surface area contributed by atoms with E-state index >= 15 is 0 Å². The van der Waals surface area contributed by atoms with Crippen molar-refractivity contribution in [3.05, 3.63) is 74.7 Å². The third-order valence-electron chi connectivity index (χ3n) is 7.01. The van der Waals surface area contributed by atoms with E-state index in [1.807, 2.05) is 25.1 Å². The van der Waals surface area contributed by atoms with Gasteiger partial charge in [-0.25, -0.2) is 0 Å². The number of hydrogen-bond donors (Lipinski definition) is 3. The Morgan fingerprint density at radius 2 is 1.88 bits per heavy atom. The second kappa shape index (κ2) is 10.4.